The Kier molecular flexibility index (Phi) is 7.71. The van der Waals surface area contributed by atoms with Crippen molar-refractivity contribution in [1.82, 2.24) is 29.7 Å². The fourth-order valence-corrected chi connectivity index (χ4v) is 5.26. The van der Waals surface area contributed by atoms with Gasteiger partial charge in [-0.2, -0.15) is 0 Å². The average Bonchev–Trinajstić information content (AvgIpc) is 3.54. The van der Waals surface area contributed by atoms with Crippen LogP contribution in [0, 0.1) is 0 Å². The van der Waals surface area contributed by atoms with E-state index in [1.165, 1.54) is 11.9 Å². The van der Waals surface area contributed by atoms with E-state index in [1.807, 2.05) is 49.7 Å². The molecule has 2 amide bonds. The second-order valence-corrected chi connectivity index (χ2v) is 12.0. The van der Waals surface area contributed by atoms with E-state index in [4.69, 9.17) is 19.9 Å². The number of ether oxygens (including phenoxy) is 3. The van der Waals surface area contributed by atoms with Crippen molar-refractivity contribution in [3.8, 4) is 0 Å². The number of rotatable bonds is 8. The van der Waals surface area contributed by atoms with Gasteiger partial charge in [-0.3, -0.25) is 4.57 Å². The SMILES string of the molecule is CN(CCCNC(=O)Nc1ccc(C(C)(C)C)cc1)C[C@H]1O[C@@H](n2cnc3c(N)ncnc32)[C@@H]2OC(C)(C)O[C@@H]21. The number of imidazole rings is 1. The first-order valence-electron chi connectivity index (χ1n) is 13.7. The standard InChI is InChI=1S/C28H40N8O4/c1-27(2,3)17-8-10-18(11-9-17)34-26(37)30-12-7-13-35(6)14-19-21-22(40-28(4,5)39-21)25(38-19)36-16-33-20-23(29)31-15-32-24(20)36/h8-11,15-16,19,21-22,25H,7,12-14H2,1-6H3,(H2,29,31,32)(H2,30,34,37)/t19-,21-,22-,25-/m1/s1. The van der Waals surface area contributed by atoms with Gasteiger partial charge in [-0.15, -0.1) is 0 Å². The number of nitrogen functional groups attached to an aromatic ring is 1. The maximum Gasteiger partial charge on any atom is 0.319 e. The maximum atomic E-state index is 12.4. The number of aromatic nitrogens is 4. The number of amides is 2. The van der Waals surface area contributed by atoms with Gasteiger partial charge in [-0.1, -0.05) is 32.9 Å². The van der Waals surface area contributed by atoms with Crippen LogP contribution in [-0.4, -0.2) is 81.2 Å². The molecule has 4 atom stereocenters. The predicted octanol–water partition coefficient (Wildman–Crippen LogP) is 3.27. The summed E-state index contributed by atoms with van der Waals surface area (Å²) in [4.78, 5) is 27.3. The maximum absolute atomic E-state index is 12.4. The zero-order valence-electron chi connectivity index (χ0n) is 24.0. The van der Waals surface area contributed by atoms with Gasteiger partial charge in [0.1, 0.15) is 30.2 Å². The van der Waals surface area contributed by atoms with E-state index in [1.54, 1.807) is 6.33 Å². The highest BCUT2D eigenvalue weighted by Crippen LogP contribution is 2.44. The number of likely N-dealkylation sites (N-methyl/N-ethyl adjacent to an activating group) is 1. The molecule has 2 aliphatic rings. The van der Waals surface area contributed by atoms with Crippen LogP contribution in [0.15, 0.2) is 36.9 Å². The van der Waals surface area contributed by atoms with E-state index in [2.05, 4.69) is 51.3 Å². The van der Waals surface area contributed by atoms with Crippen molar-refractivity contribution in [2.45, 2.75) is 76.8 Å². The minimum absolute atomic E-state index is 0.0721. The third-order valence-electron chi connectivity index (χ3n) is 7.29. The Hall–Kier alpha value is -3.32. The van der Waals surface area contributed by atoms with Crippen LogP contribution >= 0.6 is 0 Å². The van der Waals surface area contributed by atoms with Crippen molar-refractivity contribution < 1.29 is 19.0 Å². The average molecular weight is 553 g/mol. The largest absolute Gasteiger partial charge is 0.382 e. The fourth-order valence-electron chi connectivity index (χ4n) is 5.26. The van der Waals surface area contributed by atoms with Gasteiger partial charge in [0, 0.05) is 18.8 Å². The number of hydrogen-bond acceptors (Lipinski definition) is 9. The van der Waals surface area contributed by atoms with Crippen LogP contribution in [0.1, 0.15) is 52.8 Å². The third-order valence-corrected chi connectivity index (χ3v) is 7.29. The van der Waals surface area contributed by atoms with Crippen molar-refractivity contribution >= 4 is 28.7 Å². The van der Waals surface area contributed by atoms with Crippen LogP contribution in [0.3, 0.4) is 0 Å². The number of carbonyl (C=O) groups excluding carboxylic acids is 1. The van der Waals surface area contributed by atoms with Crippen LogP contribution < -0.4 is 16.4 Å². The van der Waals surface area contributed by atoms with E-state index >= 15 is 0 Å². The molecule has 2 aromatic heterocycles. The van der Waals surface area contributed by atoms with Gasteiger partial charge in [0.25, 0.3) is 0 Å². The van der Waals surface area contributed by atoms with Crippen LogP contribution in [-0.2, 0) is 19.6 Å². The van der Waals surface area contributed by atoms with Crippen molar-refractivity contribution in [3.63, 3.8) is 0 Å². The lowest BCUT2D eigenvalue weighted by Crippen LogP contribution is -2.39. The first-order chi connectivity index (χ1) is 18.9. The topological polar surface area (TPSA) is 142 Å². The molecule has 216 valence electrons. The fraction of sp³-hybridized carbons (Fsp3) is 0.571. The van der Waals surface area contributed by atoms with Gasteiger partial charge in [0.05, 0.1) is 6.33 Å². The molecule has 12 nitrogen and oxygen atoms in total. The minimum atomic E-state index is -0.733. The summed E-state index contributed by atoms with van der Waals surface area (Å²) in [5.74, 6) is -0.414. The monoisotopic (exact) mass is 552 g/mol. The third kappa shape index (κ3) is 6.04. The lowest BCUT2D eigenvalue weighted by atomic mass is 9.87. The molecule has 0 aliphatic carbocycles. The van der Waals surface area contributed by atoms with Crippen LogP contribution in [0.25, 0.3) is 11.2 Å². The second-order valence-electron chi connectivity index (χ2n) is 12.0. The Morgan fingerprint density at radius 1 is 1.12 bits per heavy atom. The molecule has 0 radical (unpaired) electrons. The Morgan fingerprint density at radius 2 is 1.85 bits per heavy atom. The number of benzene rings is 1. The Balaban J connectivity index is 1.12. The van der Waals surface area contributed by atoms with Crippen molar-refractivity contribution in [2.75, 3.05) is 37.7 Å². The lowest BCUT2D eigenvalue weighted by Gasteiger charge is -2.27. The van der Waals surface area contributed by atoms with Gasteiger partial charge < -0.3 is 35.5 Å². The first kappa shape index (κ1) is 28.2. The van der Waals surface area contributed by atoms with Gasteiger partial charge >= 0.3 is 6.03 Å². The van der Waals surface area contributed by atoms with Crippen LogP contribution in [0.2, 0.25) is 0 Å². The zero-order chi connectivity index (χ0) is 28.7. The van der Waals surface area contributed by atoms with Gasteiger partial charge in [-0.25, -0.2) is 19.7 Å². The molecule has 2 saturated heterocycles. The van der Waals surface area contributed by atoms with E-state index < -0.39 is 12.0 Å². The number of urea groups is 1. The second kappa shape index (κ2) is 10.9. The highest BCUT2D eigenvalue weighted by Gasteiger charge is 2.56. The van der Waals surface area contributed by atoms with E-state index in [0.717, 1.165) is 18.7 Å². The molecule has 12 heteroatoms. The molecule has 4 N–H and O–H groups in total. The van der Waals surface area contributed by atoms with Gasteiger partial charge in [0.2, 0.25) is 0 Å². The normalized spacial score (nSPS) is 24.0. The highest BCUT2D eigenvalue weighted by atomic mass is 16.8. The molecule has 40 heavy (non-hydrogen) atoms. The molecule has 5 rings (SSSR count). The summed E-state index contributed by atoms with van der Waals surface area (Å²) >= 11 is 0. The number of fused-ring (bicyclic) bond motifs is 2. The number of carbonyl (C=O) groups is 1. The number of hydrogen-bond donors (Lipinski definition) is 3. The van der Waals surface area contributed by atoms with E-state index in [-0.39, 0.29) is 29.8 Å². The molecule has 0 unspecified atom stereocenters. The summed E-state index contributed by atoms with van der Waals surface area (Å²) < 4.78 is 20.8. The van der Waals surface area contributed by atoms with E-state index in [9.17, 15) is 4.79 Å². The summed E-state index contributed by atoms with van der Waals surface area (Å²) in [7, 11) is 2.03. The molecule has 0 saturated carbocycles. The molecular weight excluding hydrogens is 512 g/mol. The smallest absolute Gasteiger partial charge is 0.319 e. The molecule has 4 heterocycles. The van der Waals surface area contributed by atoms with Crippen molar-refractivity contribution in [2.24, 2.45) is 0 Å². The Bertz CT molecular complexity index is 1340. The quantitative estimate of drug-likeness (QED) is 0.359. The number of nitrogens with two attached hydrogens (primary N) is 1. The van der Waals surface area contributed by atoms with Crippen LogP contribution in [0.5, 0.6) is 0 Å². The molecule has 0 spiro atoms. The van der Waals surface area contributed by atoms with Gasteiger partial charge in [0.15, 0.2) is 23.5 Å². The summed E-state index contributed by atoms with van der Waals surface area (Å²) in [6.45, 7) is 12.3. The number of anilines is 2. The molecular formula is C28H40N8O4. The molecule has 1 aromatic carbocycles. The Morgan fingerprint density at radius 3 is 2.58 bits per heavy atom. The van der Waals surface area contributed by atoms with Crippen LogP contribution in [0.4, 0.5) is 16.3 Å². The summed E-state index contributed by atoms with van der Waals surface area (Å²) in [5.41, 5.74) is 9.17. The predicted molar refractivity (Wildman–Crippen MR) is 152 cm³/mol. The van der Waals surface area contributed by atoms with Crippen molar-refractivity contribution in [1.29, 1.82) is 0 Å². The molecule has 0 bridgehead atoms. The first-order valence-corrected chi connectivity index (χ1v) is 13.7. The molecule has 2 aliphatic heterocycles. The number of nitrogens with one attached hydrogen (secondary N) is 2. The summed E-state index contributed by atoms with van der Waals surface area (Å²) in [6.07, 6.45) is 2.58. The van der Waals surface area contributed by atoms with Crippen molar-refractivity contribution in [3.05, 3.63) is 42.5 Å². The van der Waals surface area contributed by atoms with Gasteiger partial charge in [-0.05, 0) is 57.0 Å². The van der Waals surface area contributed by atoms with E-state index in [0.29, 0.717) is 30.1 Å². The summed E-state index contributed by atoms with van der Waals surface area (Å²) in [5, 5.41) is 5.83. The highest BCUT2D eigenvalue weighted by molar-refractivity contribution is 5.89. The molecule has 3 aromatic rings. The summed E-state index contributed by atoms with van der Waals surface area (Å²) in [6, 6.07) is 7.74. The molecule has 2 fully saturated rings. The lowest BCUT2D eigenvalue weighted by molar-refractivity contribution is -0.197. The minimum Gasteiger partial charge on any atom is -0.382 e. The zero-order valence-corrected chi connectivity index (χ0v) is 24.0. The Labute approximate surface area is 234 Å². The number of nitrogens with zero attached hydrogens (tertiary/aromatic N) is 5.